The zero-order valence-corrected chi connectivity index (χ0v) is 8.34. The van der Waals surface area contributed by atoms with Gasteiger partial charge in [-0.05, 0) is 31.8 Å². The fourth-order valence-electron chi connectivity index (χ4n) is 0.886. The van der Waals surface area contributed by atoms with Gasteiger partial charge in [0.25, 0.3) is 0 Å². The van der Waals surface area contributed by atoms with Gasteiger partial charge in [-0.2, -0.15) is 0 Å². The molecule has 0 amide bonds. The lowest BCUT2D eigenvalue weighted by atomic mass is 10.2. The lowest BCUT2D eigenvalue weighted by molar-refractivity contribution is 0.556. The minimum atomic E-state index is 0.752. The first-order valence-electron chi connectivity index (χ1n) is 4.74. The van der Waals surface area contributed by atoms with Crippen molar-refractivity contribution in [2.45, 2.75) is 26.7 Å². The Hall–Kier alpha value is -0.560. The van der Waals surface area contributed by atoms with Crippen molar-refractivity contribution in [3.8, 4) is 0 Å². The smallest absolute Gasteiger partial charge is 0.00142 e. The first-order chi connectivity index (χ1) is 5.77. The average Bonchev–Trinajstić information content (AvgIpc) is 2.02. The average molecular weight is 167 g/mol. The molecule has 0 spiro atoms. The van der Waals surface area contributed by atoms with E-state index in [4.69, 9.17) is 0 Å². The van der Waals surface area contributed by atoms with Gasteiger partial charge in [0.1, 0.15) is 0 Å². The molecule has 0 aromatic carbocycles. The van der Waals surface area contributed by atoms with Gasteiger partial charge in [-0.15, -0.1) is 6.58 Å². The lowest BCUT2D eigenvalue weighted by Gasteiger charge is -2.04. The molecule has 0 rings (SSSR count). The molecule has 1 N–H and O–H groups in total. The highest BCUT2D eigenvalue weighted by atomic mass is 14.8. The van der Waals surface area contributed by atoms with Crippen LogP contribution in [0.4, 0.5) is 0 Å². The van der Waals surface area contributed by atoms with E-state index in [9.17, 15) is 0 Å². The molecule has 0 atom stereocenters. The summed E-state index contributed by atoms with van der Waals surface area (Å²) in [4.78, 5) is 0. The second-order valence-corrected chi connectivity index (χ2v) is 3.38. The molecule has 0 aliphatic rings. The molecule has 0 unspecified atom stereocenters. The van der Waals surface area contributed by atoms with Gasteiger partial charge in [-0.25, -0.2) is 0 Å². The first kappa shape index (κ1) is 11.4. The molecule has 0 aliphatic heterocycles. The van der Waals surface area contributed by atoms with E-state index in [0.29, 0.717) is 0 Å². The van der Waals surface area contributed by atoms with Crippen molar-refractivity contribution in [1.29, 1.82) is 0 Å². The van der Waals surface area contributed by atoms with Crippen LogP contribution in [0.3, 0.4) is 0 Å². The Morgan fingerprint density at radius 2 is 2.08 bits per heavy atom. The number of allylic oxidation sites excluding steroid dienone is 2. The third-order valence-electron chi connectivity index (χ3n) is 1.51. The van der Waals surface area contributed by atoms with Crippen molar-refractivity contribution in [2.75, 3.05) is 13.1 Å². The molecule has 70 valence electrons. The summed E-state index contributed by atoms with van der Waals surface area (Å²) in [7, 11) is 0. The molecule has 0 bridgehead atoms. The Kier molecular flexibility index (Phi) is 8.14. The maximum atomic E-state index is 3.65. The Balaban J connectivity index is 3.04. The summed E-state index contributed by atoms with van der Waals surface area (Å²) in [5.41, 5.74) is 0. The van der Waals surface area contributed by atoms with Gasteiger partial charge in [-0.3, -0.25) is 0 Å². The van der Waals surface area contributed by atoms with Crippen LogP contribution < -0.4 is 5.32 Å². The summed E-state index contributed by atoms with van der Waals surface area (Å²) < 4.78 is 0. The summed E-state index contributed by atoms with van der Waals surface area (Å²) >= 11 is 0. The van der Waals surface area contributed by atoms with Crippen LogP contribution in [-0.2, 0) is 0 Å². The van der Waals surface area contributed by atoms with Gasteiger partial charge < -0.3 is 5.32 Å². The molecule has 0 heterocycles. The molecule has 0 aromatic rings. The van der Waals surface area contributed by atoms with Gasteiger partial charge in [0.15, 0.2) is 0 Å². The monoisotopic (exact) mass is 167 g/mol. The molecular weight excluding hydrogens is 146 g/mol. The Morgan fingerprint density at radius 1 is 1.33 bits per heavy atom. The van der Waals surface area contributed by atoms with Crippen molar-refractivity contribution in [1.82, 2.24) is 5.32 Å². The third-order valence-corrected chi connectivity index (χ3v) is 1.51. The highest BCUT2D eigenvalue weighted by Crippen LogP contribution is 1.89. The van der Waals surface area contributed by atoms with Crippen LogP contribution in [-0.4, -0.2) is 13.1 Å². The standard InChI is InChI=1S/C11H21N/c1-4-5-6-7-8-9-12-10-11(2)3/h4,6-7,11-12H,1,5,8-10H2,2-3H3. The zero-order chi connectivity index (χ0) is 9.23. The van der Waals surface area contributed by atoms with Gasteiger partial charge >= 0.3 is 0 Å². The summed E-state index contributed by atoms with van der Waals surface area (Å²) in [6.45, 7) is 10.3. The maximum absolute atomic E-state index is 3.65. The minimum Gasteiger partial charge on any atom is -0.316 e. The van der Waals surface area contributed by atoms with Crippen LogP contribution >= 0.6 is 0 Å². The first-order valence-corrected chi connectivity index (χ1v) is 4.74. The van der Waals surface area contributed by atoms with Crippen LogP contribution in [0.1, 0.15) is 26.7 Å². The Labute approximate surface area is 76.6 Å². The predicted molar refractivity (Wildman–Crippen MR) is 56.3 cm³/mol. The number of nitrogens with one attached hydrogen (secondary N) is 1. The van der Waals surface area contributed by atoms with Crippen LogP contribution in [0.25, 0.3) is 0 Å². The number of hydrogen-bond acceptors (Lipinski definition) is 1. The van der Waals surface area contributed by atoms with Crippen molar-refractivity contribution in [2.24, 2.45) is 5.92 Å². The molecule has 0 aliphatic carbocycles. The number of rotatable bonds is 7. The minimum absolute atomic E-state index is 0.752. The largest absolute Gasteiger partial charge is 0.316 e. The van der Waals surface area contributed by atoms with Crippen LogP contribution in [0.2, 0.25) is 0 Å². The van der Waals surface area contributed by atoms with Crippen molar-refractivity contribution in [3.05, 3.63) is 24.8 Å². The van der Waals surface area contributed by atoms with E-state index in [0.717, 1.165) is 31.8 Å². The summed E-state index contributed by atoms with van der Waals surface area (Å²) in [6, 6.07) is 0. The second kappa shape index (κ2) is 8.54. The molecule has 12 heavy (non-hydrogen) atoms. The van der Waals surface area contributed by atoms with Gasteiger partial charge in [0.2, 0.25) is 0 Å². The van der Waals surface area contributed by atoms with Gasteiger partial charge in [0.05, 0.1) is 0 Å². The van der Waals surface area contributed by atoms with Gasteiger partial charge in [-0.1, -0.05) is 32.1 Å². The van der Waals surface area contributed by atoms with E-state index in [1.807, 2.05) is 6.08 Å². The Morgan fingerprint density at radius 3 is 2.67 bits per heavy atom. The number of hydrogen-bond donors (Lipinski definition) is 1. The van der Waals surface area contributed by atoms with Crippen LogP contribution in [0, 0.1) is 5.92 Å². The van der Waals surface area contributed by atoms with Crippen LogP contribution in [0.5, 0.6) is 0 Å². The Bertz CT molecular complexity index is 125. The highest BCUT2D eigenvalue weighted by molar-refractivity contribution is 4.88. The second-order valence-electron chi connectivity index (χ2n) is 3.38. The molecular formula is C11H21N. The van der Waals surface area contributed by atoms with Crippen molar-refractivity contribution >= 4 is 0 Å². The lowest BCUT2D eigenvalue weighted by Crippen LogP contribution is -2.20. The van der Waals surface area contributed by atoms with E-state index >= 15 is 0 Å². The summed E-state index contributed by atoms with van der Waals surface area (Å²) in [5.74, 6) is 0.752. The molecule has 0 saturated heterocycles. The molecule has 0 radical (unpaired) electrons. The predicted octanol–water partition coefficient (Wildman–Crippen LogP) is 2.75. The third kappa shape index (κ3) is 9.44. The van der Waals surface area contributed by atoms with Crippen molar-refractivity contribution < 1.29 is 0 Å². The van der Waals surface area contributed by atoms with E-state index in [1.54, 1.807) is 0 Å². The summed E-state index contributed by atoms with van der Waals surface area (Å²) in [6.07, 6.45) is 8.39. The fraction of sp³-hybridized carbons (Fsp3) is 0.636. The van der Waals surface area contributed by atoms with E-state index < -0.39 is 0 Å². The molecule has 0 aromatic heterocycles. The molecule has 0 saturated carbocycles. The van der Waals surface area contributed by atoms with E-state index in [-0.39, 0.29) is 0 Å². The van der Waals surface area contributed by atoms with Crippen molar-refractivity contribution in [3.63, 3.8) is 0 Å². The fourth-order valence-corrected chi connectivity index (χ4v) is 0.886. The van der Waals surface area contributed by atoms with E-state index in [2.05, 4.69) is 37.9 Å². The molecule has 1 nitrogen and oxygen atoms in total. The van der Waals surface area contributed by atoms with E-state index in [1.165, 1.54) is 0 Å². The summed E-state index contributed by atoms with van der Waals surface area (Å²) in [5, 5.41) is 3.38. The van der Waals surface area contributed by atoms with Crippen LogP contribution in [0.15, 0.2) is 24.8 Å². The topological polar surface area (TPSA) is 12.0 Å². The zero-order valence-electron chi connectivity index (χ0n) is 8.34. The SMILES string of the molecule is C=CCC=CCCNCC(C)C. The quantitative estimate of drug-likeness (QED) is 0.454. The van der Waals surface area contributed by atoms with Gasteiger partial charge in [0, 0.05) is 0 Å². The normalized spacial score (nSPS) is 11.2. The molecule has 0 fully saturated rings. The highest BCUT2D eigenvalue weighted by Gasteiger charge is 1.89. The maximum Gasteiger partial charge on any atom is -0.00142 e. The molecule has 1 heteroatoms.